The first-order valence-corrected chi connectivity index (χ1v) is 12.1. The highest BCUT2D eigenvalue weighted by atomic mass is 32.1. The molecule has 1 aromatic carbocycles. The number of amides is 1. The van der Waals surface area contributed by atoms with Crippen LogP contribution in [0, 0.1) is 0 Å². The molecule has 170 valence electrons. The monoisotopic (exact) mass is 461 g/mol. The van der Waals surface area contributed by atoms with Gasteiger partial charge in [-0.05, 0) is 57.3 Å². The lowest BCUT2D eigenvalue weighted by Gasteiger charge is -2.33. The molecule has 1 aliphatic heterocycles. The number of hydrogen-bond acceptors (Lipinski definition) is 7. The van der Waals surface area contributed by atoms with E-state index in [4.69, 9.17) is 0 Å². The highest BCUT2D eigenvalue weighted by Crippen LogP contribution is 2.31. The zero-order valence-corrected chi connectivity index (χ0v) is 19.8. The van der Waals surface area contributed by atoms with Gasteiger partial charge in [0, 0.05) is 41.5 Å². The molecular formula is C24H27N7OS. The van der Waals surface area contributed by atoms with Crippen LogP contribution in [0.1, 0.15) is 48.1 Å². The Hall–Kier alpha value is -3.17. The molecule has 1 N–H and O–H groups in total. The second kappa shape index (κ2) is 8.99. The molecule has 1 amide bonds. The van der Waals surface area contributed by atoms with Crippen LogP contribution in [0.3, 0.4) is 0 Å². The highest BCUT2D eigenvalue weighted by molar-refractivity contribution is 7.10. The number of piperidine rings is 1. The Kier molecular flexibility index (Phi) is 5.90. The van der Waals surface area contributed by atoms with E-state index < -0.39 is 0 Å². The lowest BCUT2D eigenvalue weighted by molar-refractivity contribution is 0.102. The van der Waals surface area contributed by atoms with E-state index in [0.717, 1.165) is 53.0 Å². The summed E-state index contributed by atoms with van der Waals surface area (Å²) in [6.07, 6.45) is 5.82. The maximum Gasteiger partial charge on any atom is 0.276 e. The van der Waals surface area contributed by atoms with Crippen molar-refractivity contribution in [1.82, 2.24) is 29.9 Å². The molecule has 1 saturated heterocycles. The molecule has 3 aromatic heterocycles. The molecule has 9 heteroatoms. The van der Waals surface area contributed by atoms with Crippen molar-refractivity contribution in [3.8, 4) is 11.3 Å². The molecule has 0 saturated carbocycles. The third kappa shape index (κ3) is 4.65. The summed E-state index contributed by atoms with van der Waals surface area (Å²) >= 11 is 1.58. The number of nitrogens with one attached hydrogen (secondary N) is 1. The Labute approximate surface area is 196 Å². The van der Waals surface area contributed by atoms with Gasteiger partial charge in [0.1, 0.15) is 17.2 Å². The predicted octanol–water partition coefficient (Wildman–Crippen LogP) is 4.33. The summed E-state index contributed by atoms with van der Waals surface area (Å²) in [5.41, 5.74) is 2.22. The summed E-state index contributed by atoms with van der Waals surface area (Å²) < 4.78 is 1.67. The molecule has 1 aliphatic rings. The maximum atomic E-state index is 12.8. The van der Waals surface area contributed by atoms with Gasteiger partial charge in [0.05, 0.1) is 11.2 Å². The average molecular weight is 462 g/mol. The van der Waals surface area contributed by atoms with E-state index in [-0.39, 0.29) is 5.91 Å². The van der Waals surface area contributed by atoms with Gasteiger partial charge in [-0.15, -0.1) is 16.4 Å². The molecule has 0 atom stereocenters. The van der Waals surface area contributed by atoms with Gasteiger partial charge < -0.3 is 10.2 Å². The Bertz CT molecular complexity index is 1290. The molecule has 0 spiro atoms. The number of aryl methyl sites for hydroxylation is 1. The Morgan fingerprint density at radius 2 is 2.00 bits per heavy atom. The van der Waals surface area contributed by atoms with Crippen molar-refractivity contribution < 1.29 is 4.79 Å². The minimum Gasteiger partial charge on any atom is -0.305 e. The summed E-state index contributed by atoms with van der Waals surface area (Å²) in [7, 11) is 1.84. The normalized spacial score (nSPS) is 15.4. The fourth-order valence-corrected chi connectivity index (χ4v) is 5.24. The maximum absolute atomic E-state index is 12.8. The number of rotatable bonds is 5. The minimum atomic E-state index is -0.228. The highest BCUT2D eigenvalue weighted by Gasteiger charge is 2.25. The van der Waals surface area contributed by atoms with E-state index in [1.54, 1.807) is 22.2 Å². The summed E-state index contributed by atoms with van der Waals surface area (Å²) in [5.74, 6) is 0.711. The van der Waals surface area contributed by atoms with Crippen molar-refractivity contribution in [1.29, 1.82) is 0 Å². The number of hydrogen-bond donors (Lipinski definition) is 1. The van der Waals surface area contributed by atoms with Gasteiger partial charge in [-0.25, -0.2) is 9.97 Å². The van der Waals surface area contributed by atoms with Crippen LogP contribution in [-0.4, -0.2) is 54.9 Å². The number of aromatic nitrogens is 5. The molecule has 0 radical (unpaired) electrons. The van der Waals surface area contributed by atoms with Crippen molar-refractivity contribution in [2.45, 2.75) is 38.6 Å². The third-order valence-electron chi connectivity index (χ3n) is 6.23. The number of benzene rings is 1. The number of anilines is 1. The van der Waals surface area contributed by atoms with Crippen molar-refractivity contribution >= 4 is 33.8 Å². The SMILES string of the molecule is CC(C)N1CCC(c2nc(C(=O)Nc3cc4cc(-c5cn(C)nn5)ccc4cn3)cs2)CC1. The summed E-state index contributed by atoms with van der Waals surface area (Å²) in [6.45, 7) is 6.65. The molecule has 4 heterocycles. The van der Waals surface area contributed by atoms with Crippen LogP contribution < -0.4 is 5.32 Å². The second-order valence-corrected chi connectivity index (χ2v) is 9.73. The zero-order valence-electron chi connectivity index (χ0n) is 19.0. The number of likely N-dealkylation sites (tertiary alicyclic amines) is 1. The first-order chi connectivity index (χ1) is 16.0. The number of fused-ring (bicyclic) bond motifs is 1. The Morgan fingerprint density at radius 1 is 1.18 bits per heavy atom. The third-order valence-corrected chi connectivity index (χ3v) is 7.23. The van der Waals surface area contributed by atoms with E-state index in [1.807, 2.05) is 42.9 Å². The number of thiazole rings is 1. The van der Waals surface area contributed by atoms with E-state index >= 15 is 0 Å². The quantitative estimate of drug-likeness (QED) is 0.476. The van der Waals surface area contributed by atoms with E-state index in [0.29, 0.717) is 23.5 Å². The fraction of sp³-hybridized carbons (Fsp3) is 0.375. The lowest BCUT2D eigenvalue weighted by atomic mass is 9.97. The fourth-order valence-electron chi connectivity index (χ4n) is 4.27. The molecular weight excluding hydrogens is 434 g/mol. The number of carbonyl (C=O) groups excluding carboxylic acids is 1. The molecule has 5 rings (SSSR count). The molecule has 33 heavy (non-hydrogen) atoms. The van der Waals surface area contributed by atoms with Gasteiger partial charge in [-0.1, -0.05) is 17.3 Å². The number of carbonyl (C=O) groups is 1. The van der Waals surface area contributed by atoms with E-state index in [1.165, 1.54) is 0 Å². The summed E-state index contributed by atoms with van der Waals surface area (Å²) in [5, 5.41) is 16.0. The van der Waals surface area contributed by atoms with Gasteiger partial charge >= 0.3 is 0 Å². The van der Waals surface area contributed by atoms with Gasteiger partial charge in [-0.2, -0.15) is 0 Å². The van der Waals surface area contributed by atoms with Crippen molar-refractivity contribution in [2.24, 2.45) is 7.05 Å². The number of nitrogens with zero attached hydrogens (tertiary/aromatic N) is 6. The minimum absolute atomic E-state index is 0.228. The Morgan fingerprint density at radius 3 is 2.73 bits per heavy atom. The smallest absolute Gasteiger partial charge is 0.276 e. The second-order valence-electron chi connectivity index (χ2n) is 8.84. The zero-order chi connectivity index (χ0) is 22.9. The average Bonchev–Trinajstić information content (AvgIpc) is 3.48. The predicted molar refractivity (Wildman–Crippen MR) is 130 cm³/mol. The van der Waals surface area contributed by atoms with Crippen LogP contribution >= 0.6 is 11.3 Å². The lowest BCUT2D eigenvalue weighted by Crippen LogP contribution is -2.37. The van der Waals surface area contributed by atoms with E-state index in [2.05, 4.69) is 44.3 Å². The van der Waals surface area contributed by atoms with Crippen LogP contribution in [0.15, 0.2) is 42.0 Å². The topological polar surface area (TPSA) is 88.8 Å². The van der Waals surface area contributed by atoms with Crippen molar-refractivity contribution in [3.05, 3.63) is 52.7 Å². The molecule has 1 fully saturated rings. The van der Waals surface area contributed by atoms with Gasteiger partial charge in [-0.3, -0.25) is 9.48 Å². The van der Waals surface area contributed by atoms with Crippen LogP contribution in [0.4, 0.5) is 5.82 Å². The van der Waals surface area contributed by atoms with E-state index in [9.17, 15) is 4.79 Å². The molecule has 0 unspecified atom stereocenters. The molecule has 0 aliphatic carbocycles. The van der Waals surface area contributed by atoms with Gasteiger partial charge in [0.25, 0.3) is 5.91 Å². The molecule has 4 aromatic rings. The van der Waals surface area contributed by atoms with Crippen molar-refractivity contribution in [2.75, 3.05) is 18.4 Å². The molecule has 8 nitrogen and oxygen atoms in total. The standard InChI is InChI=1S/C24H27N7OS/c1-15(2)31-8-6-16(7-9-31)24-26-21(14-33-24)23(32)27-22-11-19-10-17(4-5-18(19)12-25-22)20-13-30(3)29-28-20/h4-5,10-16H,6-9H2,1-3H3,(H,25,27,32). The molecule has 0 bridgehead atoms. The summed E-state index contributed by atoms with van der Waals surface area (Å²) in [4.78, 5) is 24.4. The van der Waals surface area contributed by atoms with Crippen LogP contribution in [0.2, 0.25) is 0 Å². The van der Waals surface area contributed by atoms with Crippen LogP contribution in [0.5, 0.6) is 0 Å². The first kappa shape index (κ1) is 21.7. The van der Waals surface area contributed by atoms with Gasteiger partial charge in [0.2, 0.25) is 0 Å². The van der Waals surface area contributed by atoms with Gasteiger partial charge in [0.15, 0.2) is 0 Å². The van der Waals surface area contributed by atoms with Crippen LogP contribution in [0.25, 0.3) is 22.0 Å². The largest absolute Gasteiger partial charge is 0.305 e. The van der Waals surface area contributed by atoms with Crippen LogP contribution in [-0.2, 0) is 7.05 Å². The number of pyridine rings is 1. The Balaban J connectivity index is 1.29. The first-order valence-electron chi connectivity index (χ1n) is 11.2. The van der Waals surface area contributed by atoms with Crippen molar-refractivity contribution in [3.63, 3.8) is 0 Å². The summed E-state index contributed by atoms with van der Waals surface area (Å²) in [6, 6.07) is 8.47.